The highest BCUT2D eigenvalue weighted by Gasteiger charge is 2.35. The second kappa shape index (κ2) is 13.0. The summed E-state index contributed by atoms with van der Waals surface area (Å²) in [6.07, 6.45) is 0.761. The van der Waals surface area contributed by atoms with E-state index in [0.717, 1.165) is 10.5 Å². The summed E-state index contributed by atoms with van der Waals surface area (Å²) in [5.41, 5.74) is 1.47. The summed E-state index contributed by atoms with van der Waals surface area (Å²) in [6, 6.07) is 10.4. The Morgan fingerprint density at radius 3 is 2.73 bits per heavy atom. The molecule has 1 saturated heterocycles. The Balaban J connectivity index is 1.88. The van der Waals surface area contributed by atoms with Crippen LogP contribution in [-0.2, 0) is 16.1 Å². The molecular formula is C26H31ClN4O6. The number of carboxylic acid groups (broad SMARTS) is 1. The number of methoxy groups -OCH3 is 1. The SMILES string of the molecule is CCO/N=C1/CN(C(=O)NC(CC)c2cccc(C(=O)O)c2)C(=O)[C@H](Cc2cc(Cl)ccc2OC)CN1. The Kier molecular flexibility index (Phi) is 9.73. The van der Waals surface area contributed by atoms with E-state index in [-0.39, 0.29) is 25.1 Å². The van der Waals surface area contributed by atoms with Crippen molar-refractivity contribution >= 4 is 35.3 Å². The number of nitrogens with zero attached hydrogens (tertiary/aromatic N) is 2. The quantitative estimate of drug-likeness (QED) is 0.420. The summed E-state index contributed by atoms with van der Waals surface area (Å²) in [5.74, 6) is -1.16. The van der Waals surface area contributed by atoms with Crippen molar-refractivity contribution in [1.29, 1.82) is 0 Å². The molecule has 1 aliphatic rings. The summed E-state index contributed by atoms with van der Waals surface area (Å²) in [4.78, 5) is 44.7. The molecule has 0 spiro atoms. The van der Waals surface area contributed by atoms with E-state index in [9.17, 15) is 19.5 Å². The Morgan fingerprint density at radius 1 is 1.27 bits per heavy atom. The van der Waals surface area contributed by atoms with Gasteiger partial charge in [-0.25, -0.2) is 9.59 Å². The van der Waals surface area contributed by atoms with E-state index in [2.05, 4.69) is 15.8 Å². The number of carbonyl (C=O) groups is 3. The first-order valence-corrected chi connectivity index (χ1v) is 12.3. The van der Waals surface area contributed by atoms with Gasteiger partial charge in [0.25, 0.3) is 0 Å². The predicted octanol–water partition coefficient (Wildman–Crippen LogP) is 3.85. The molecule has 0 radical (unpaired) electrons. The Labute approximate surface area is 220 Å². The lowest BCUT2D eigenvalue weighted by atomic mass is 9.97. The Bertz CT molecular complexity index is 1170. The predicted molar refractivity (Wildman–Crippen MR) is 139 cm³/mol. The van der Waals surface area contributed by atoms with E-state index < -0.39 is 29.9 Å². The lowest BCUT2D eigenvalue weighted by Crippen LogP contribution is -2.48. The van der Waals surface area contributed by atoms with E-state index in [1.54, 1.807) is 37.3 Å². The normalized spacial score (nSPS) is 17.5. The molecule has 0 aliphatic carbocycles. The van der Waals surface area contributed by atoms with E-state index >= 15 is 0 Å². The third-order valence-corrected chi connectivity index (χ3v) is 6.21. The third kappa shape index (κ3) is 7.13. The van der Waals surface area contributed by atoms with Crippen molar-refractivity contribution in [3.63, 3.8) is 0 Å². The fourth-order valence-electron chi connectivity index (χ4n) is 4.08. The van der Waals surface area contributed by atoms with Gasteiger partial charge in [0.05, 0.1) is 31.2 Å². The number of amides is 3. The van der Waals surface area contributed by atoms with Crippen molar-refractivity contribution in [1.82, 2.24) is 15.5 Å². The summed E-state index contributed by atoms with van der Waals surface area (Å²) in [5, 5.41) is 19.9. The molecular weight excluding hydrogens is 500 g/mol. The zero-order chi connectivity index (χ0) is 26.9. The van der Waals surface area contributed by atoms with Gasteiger partial charge in [0.15, 0.2) is 5.84 Å². The monoisotopic (exact) mass is 530 g/mol. The molecule has 10 nitrogen and oxygen atoms in total. The van der Waals surface area contributed by atoms with Crippen LogP contribution in [0.3, 0.4) is 0 Å². The van der Waals surface area contributed by atoms with Crippen LogP contribution in [0.4, 0.5) is 4.79 Å². The summed E-state index contributed by atoms with van der Waals surface area (Å²) < 4.78 is 5.43. The van der Waals surface area contributed by atoms with Crippen LogP contribution < -0.4 is 15.4 Å². The Hall–Kier alpha value is -3.79. The van der Waals surface area contributed by atoms with Crippen LogP contribution >= 0.6 is 11.6 Å². The Morgan fingerprint density at radius 2 is 2.05 bits per heavy atom. The van der Waals surface area contributed by atoms with Crippen LogP contribution in [0.1, 0.15) is 47.8 Å². The summed E-state index contributed by atoms with van der Waals surface area (Å²) >= 11 is 6.18. The molecule has 2 aromatic rings. The fourth-order valence-corrected chi connectivity index (χ4v) is 4.27. The summed E-state index contributed by atoms with van der Waals surface area (Å²) in [6.45, 7) is 4.08. The zero-order valence-electron chi connectivity index (χ0n) is 21.0. The molecule has 37 heavy (non-hydrogen) atoms. The fraction of sp³-hybridized carbons (Fsp3) is 0.385. The number of carbonyl (C=O) groups excluding carboxylic acids is 2. The molecule has 2 aromatic carbocycles. The van der Waals surface area contributed by atoms with Crippen LogP contribution in [0, 0.1) is 5.92 Å². The average molecular weight is 531 g/mol. The number of nitrogens with one attached hydrogen (secondary N) is 2. The molecule has 11 heteroatoms. The van der Waals surface area contributed by atoms with Gasteiger partial charge >= 0.3 is 12.0 Å². The number of carboxylic acids is 1. The van der Waals surface area contributed by atoms with Gasteiger partial charge in [-0.2, -0.15) is 0 Å². The molecule has 198 valence electrons. The van der Waals surface area contributed by atoms with Crippen LogP contribution in [-0.4, -0.2) is 60.6 Å². The second-order valence-electron chi connectivity index (χ2n) is 8.46. The molecule has 1 unspecified atom stereocenters. The number of halogens is 1. The maximum absolute atomic E-state index is 13.6. The number of aromatic carboxylic acids is 1. The van der Waals surface area contributed by atoms with Crippen molar-refractivity contribution in [3.8, 4) is 5.75 Å². The lowest BCUT2D eigenvalue weighted by Gasteiger charge is -2.26. The molecule has 1 aliphatic heterocycles. The van der Waals surface area contributed by atoms with Gasteiger partial charge < -0.3 is 25.3 Å². The van der Waals surface area contributed by atoms with E-state index in [0.29, 0.717) is 35.2 Å². The van der Waals surface area contributed by atoms with Crippen LogP contribution in [0.2, 0.25) is 5.02 Å². The molecule has 0 saturated carbocycles. The van der Waals surface area contributed by atoms with E-state index in [4.69, 9.17) is 21.2 Å². The standard InChI is InChI=1S/C26H31ClN4O6/c1-4-21(16-7-6-8-17(11-16)25(33)34)29-26(35)31-15-23(30-37-5-2)28-14-19(24(31)32)12-18-13-20(27)9-10-22(18)36-3/h6-11,13,19,21H,4-5,12,14-15H2,1-3H3,(H,28,30)(H,29,35)(H,33,34)/t19-,21?/m1/s1. The van der Waals surface area contributed by atoms with Crippen molar-refractivity contribution in [2.75, 3.05) is 26.8 Å². The van der Waals surface area contributed by atoms with Crippen molar-refractivity contribution in [2.45, 2.75) is 32.7 Å². The van der Waals surface area contributed by atoms with Crippen molar-refractivity contribution in [3.05, 3.63) is 64.2 Å². The highest BCUT2D eigenvalue weighted by molar-refractivity contribution is 6.30. The average Bonchev–Trinajstić information content (AvgIpc) is 3.05. The second-order valence-corrected chi connectivity index (χ2v) is 8.90. The summed E-state index contributed by atoms with van der Waals surface area (Å²) in [7, 11) is 1.54. The maximum atomic E-state index is 13.6. The van der Waals surface area contributed by atoms with Gasteiger partial charge in [-0.05, 0) is 61.2 Å². The minimum absolute atomic E-state index is 0.112. The number of ether oxygens (including phenoxy) is 1. The van der Waals surface area contributed by atoms with Crippen LogP contribution in [0.15, 0.2) is 47.6 Å². The number of imide groups is 1. The first-order valence-electron chi connectivity index (χ1n) is 12.0. The highest BCUT2D eigenvalue weighted by atomic mass is 35.5. The molecule has 3 rings (SSSR count). The number of hydrogen-bond donors (Lipinski definition) is 3. The zero-order valence-corrected chi connectivity index (χ0v) is 21.7. The van der Waals surface area contributed by atoms with Crippen molar-refractivity contribution < 1.29 is 29.1 Å². The van der Waals surface area contributed by atoms with Gasteiger partial charge in [0, 0.05) is 11.6 Å². The van der Waals surface area contributed by atoms with Gasteiger partial charge in [0.2, 0.25) is 5.91 Å². The number of urea groups is 1. The largest absolute Gasteiger partial charge is 0.496 e. The minimum Gasteiger partial charge on any atom is -0.496 e. The first kappa shape index (κ1) is 27.8. The highest BCUT2D eigenvalue weighted by Crippen LogP contribution is 2.27. The number of oxime groups is 1. The van der Waals surface area contributed by atoms with Crippen LogP contribution in [0.25, 0.3) is 0 Å². The molecule has 1 heterocycles. The number of rotatable bonds is 9. The van der Waals surface area contributed by atoms with Gasteiger partial charge in [0.1, 0.15) is 12.4 Å². The van der Waals surface area contributed by atoms with E-state index in [1.165, 1.54) is 19.2 Å². The number of amidine groups is 1. The van der Waals surface area contributed by atoms with E-state index in [1.807, 2.05) is 6.92 Å². The van der Waals surface area contributed by atoms with Gasteiger partial charge in [-0.3, -0.25) is 9.69 Å². The molecule has 0 aromatic heterocycles. The number of benzene rings is 2. The molecule has 1 fully saturated rings. The smallest absolute Gasteiger partial charge is 0.335 e. The maximum Gasteiger partial charge on any atom is 0.335 e. The van der Waals surface area contributed by atoms with Gasteiger partial charge in [-0.15, -0.1) is 0 Å². The lowest BCUT2D eigenvalue weighted by molar-refractivity contribution is -0.131. The molecule has 2 atom stereocenters. The molecule has 0 bridgehead atoms. The minimum atomic E-state index is -1.06. The van der Waals surface area contributed by atoms with Crippen molar-refractivity contribution in [2.24, 2.45) is 11.1 Å². The number of hydrogen-bond acceptors (Lipinski definition) is 6. The first-order chi connectivity index (χ1) is 17.8. The van der Waals surface area contributed by atoms with Crippen LogP contribution in [0.5, 0.6) is 5.75 Å². The molecule has 3 N–H and O–H groups in total. The topological polar surface area (TPSA) is 130 Å². The molecule has 3 amide bonds. The third-order valence-electron chi connectivity index (χ3n) is 5.98. The van der Waals surface area contributed by atoms with Gasteiger partial charge in [-0.1, -0.05) is 35.8 Å².